The lowest BCUT2D eigenvalue weighted by atomic mass is 9.85. The predicted molar refractivity (Wildman–Crippen MR) is 94.7 cm³/mol. The van der Waals surface area contributed by atoms with Gasteiger partial charge in [0.05, 0.1) is 6.04 Å². The molecule has 0 heterocycles. The molecule has 1 atom stereocenters. The Morgan fingerprint density at radius 2 is 1.67 bits per heavy atom. The zero-order chi connectivity index (χ0) is 16.9. The van der Waals surface area contributed by atoms with E-state index in [0.717, 1.165) is 30.5 Å². The maximum absolute atomic E-state index is 12.3. The molecule has 1 aliphatic carbocycles. The lowest BCUT2D eigenvalue weighted by molar-refractivity contribution is -0.122. The summed E-state index contributed by atoms with van der Waals surface area (Å²) in [6, 6.07) is 16.8. The second kappa shape index (κ2) is 7.30. The fourth-order valence-corrected chi connectivity index (χ4v) is 2.72. The van der Waals surface area contributed by atoms with Crippen molar-refractivity contribution in [1.82, 2.24) is 5.32 Å². The van der Waals surface area contributed by atoms with Gasteiger partial charge in [0.15, 0.2) is 0 Å². The predicted octanol–water partition coefficient (Wildman–Crippen LogP) is 3.92. The lowest BCUT2D eigenvalue weighted by Gasteiger charge is -2.24. The molecule has 0 radical (unpaired) electrons. The first-order chi connectivity index (χ1) is 11.6. The van der Waals surface area contributed by atoms with Crippen molar-refractivity contribution in [2.45, 2.75) is 32.2 Å². The molecule has 0 aliphatic heterocycles. The summed E-state index contributed by atoms with van der Waals surface area (Å²) < 4.78 is 0. The van der Waals surface area contributed by atoms with Crippen molar-refractivity contribution in [2.24, 2.45) is 5.92 Å². The molecule has 2 aromatic carbocycles. The highest BCUT2D eigenvalue weighted by Crippen LogP contribution is 2.27. The molecule has 1 aliphatic rings. The Balaban J connectivity index is 1.58. The van der Waals surface area contributed by atoms with Gasteiger partial charge >= 0.3 is 0 Å². The van der Waals surface area contributed by atoms with Gasteiger partial charge in [-0.05, 0) is 49.6 Å². The second-order valence-corrected chi connectivity index (χ2v) is 6.30. The van der Waals surface area contributed by atoms with Crippen LogP contribution >= 0.6 is 0 Å². The fourth-order valence-electron chi connectivity index (χ4n) is 2.72. The van der Waals surface area contributed by atoms with Crippen molar-refractivity contribution in [1.29, 1.82) is 0 Å². The quantitative estimate of drug-likeness (QED) is 0.876. The van der Waals surface area contributed by atoms with Crippen LogP contribution in [0.4, 0.5) is 5.69 Å². The van der Waals surface area contributed by atoms with Crippen LogP contribution in [-0.2, 0) is 4.79 Å². The van der Waals surface area contributed by atoms with Gasteiger partial charge < -0.3 is 10.6 Å². The van der Waals surface area contributed by atoms with Crippen LogP contribution in [0.25, 0.3) is 0 Å². The smallest absolute Gasteiger partial charge is 0.251 e. The van der Waals surface area contributed by atoms with Crippen LogP contribution in [0, 0.1) is 5.92 Å². The summed E-state index contributed by atoms with van der Waals surface area (Å²) in [7, 11) is 0. The SMILES string of the molecule is CC(NC(=O)c1ccc(NC(=O)C2CCC2)cc1)c1ccccc1. The van der Waals surface area contributed by atoms with Crippen LogP contribution < -0.4 is 10.6 Å². The zero-order valence-electron chi connectivity index (χ0n) is 13.8. The molecule has 1 fully saturated rings. The summed E-state index contributed by atoms with van der Waals surface area (Å²) in [6.45, 7) is 1.96. The molecule has 24 heavy (non-hydrogen) atoms. The molecule has 2 amide bonds. The Labute approximate surface area is 142 Å². The van der Waals surface area contributed by atoms with Gasteiger partial charge in [-0.1, -0.05) is 36.8 Å². The minimum Gasteiger partial charge on any atom is -0.346 e. The van der Waals surface area contributed by atoms with E-state index in [9.17, 15) is 9.59 Å². The minimum absolute atomic E-state index is 0.0586. The van der Waals surface area contributed by atoms with E-state index in [1.165, 1.54) is 0 Å². The Morgan fingerprint density at radius 3 is 2.25 bits per heavy atom. The van der Waals surface area contributed by atoms with Gasteiger partial charge in [0.1, 0.15) is 0 Å². The van der Waals surface area contributed by atoms with E-state index < -0.39 is 0 Å². The van der Waals surface area contributed by atoms with Crippen molar-refractivity contribution >= 4 is 17.5 Å². The molecule has 4 nitrogen and oxygen atoms in total. The monoisotopic (exact) mass is 322 g/mol. The number of carbonyl (C=O) groups excluding carboxylic acids is 2. The molecule has 1 saturated carbocycles. The highest BCUT2D eigenvalue weighted by atomic mass is 16.2. The molecule has 0 saturated heterocycles. The second-order valence-electron chi connectivity index (χ2n) is 6.30. The van der Waals surface area contributed by atoms with Crippen LogP contribution in [-0.4, -0.2) is 11.8 Å². The lowest BCUT2D eigenvalue weighted by Crippen LogP contribution is -2.28. The van der Waals surface area contributed by atoms with E-state index in [2.05, 4.69) is 10.6 Å². The molecular formula is C20H22N2O2. The van der Waals surface area contributed by atoms with Crippen molar-refractivity contribution in [3.63, 3.8) is 0 Å². The molecule has 0 aromatic heterocycles. The number of benzene rings is 2. The Morgan fingerprint density at radius 1 is 1.00 bits per heavy atom. The van der Waals surface area contributed by atoms with Gasteiger partial charge in [-0.3, -0.25) is 9.59 Å². The van der Waals surface area contributed by atoms with E-state index in [-0.39, 0.29) is 23.8 Å². The average Bonchev–Trinajstić information content (AvgIpc) is 2.54. The Bertz CT molecular complexity index is 706. The number of hydrogen-bond acceptors (Lipinski definition) is 2. The Hall–Kier alpha value is -2.62. The largest absolute Gasteiger partial charge is 0.346 e. The average molecular weight is 322 g/mol. The van der Waals surface area contributed by atoms with E-state index in [1.54, 1.807) is 24.3 Å². The van der Waals surface area contributed by atoms with Gasteiger partial charge in [-0.25, -0.2) is 0 Å². The number of nitrogens with one attached hydrogen (secondary N) is 2. The number of anilines is 1. The van der Waals surface area contributed by atoms with Crippen molar-refractivity contribution < 1.29 is 9.59 Å². The first kappa shape index (κ1) is 16.2. The minimum atomic E-state index is -0.122. The normalized spacial score (nSPS) is 15.2. The summed E-state index contributed by atoms with van der Waals surface area (Å²) >= 11 is 0. The van der Waals surface area contributed by atoms with Gasteiger partial charge in [0.25, 0.3) is 5.91 Å². The van der Waals surface area contributed by atoms with Gasteiger partial charge in [-0.2, -0.15) is 0 Å². The summed E-state index contributed by atoms with van der Waals surface area (Å²) in [5, 5.41) is 5.89. The van der Waals surface area contributed by atoms with Crippen molar-refractivity contribution in [3.05, 3.63) is 65.7 Å². The molecule has 124 valence electrons. The number of amides is 2. The van der Waals surface area contributed by atoms with E-state index in [0.29, 0.717) is 5.56 Å². The molecule has 2 aromatic rings. The third-order valence-corrected chi connectivity index (χ3v) is 4.54. The van der Waals surface area contributed by atoms with Crippen LogP contribution in [0.3, 0.4) is 0 Å². The van der Waals surface area contributed by atoms with Gasteiger partial charge in [0, 0.05) is 17.2 Å². The summed E-state index contributed by atoms with van der Waals surface area (Å²) in [5.41, 5.74) is 2.38. The van der Waals surface area contributed by atoms with E-state index in [4.69, 9.17) is 0 Å². The fraction of sp³-hybridized carbons (Fsp3) is 0.300. The molecule has 0 bridgehead atoms. The first-order valence-corrected chi connectivity index (χ1v) is 8.40. The molecule has 3 rings (SSSR count). The van der Waals surface area contributed by atoms with Crippen LogP contribution in [0.15, 0.2) is 54.6 Å². The van der Waals surface area contributed by atoms with Gasteiger partial charge in [-0.15, -0.1) is 0 Å². The third-order valence-electron chi connectivity index (χ3n) is 4.54. The molecular weight excluding hydrogens is 300 g/mol. The molecule has 4 heteroatoms. The number of hydrogen-bond donors (Lipinski definition) is 2. The third kappa shape index (κ3) is 3.82. The summed E-state index contributed by atoms with van der Waals surface area (Å²) in [5.74, 6) is 0.110. The molecule has 0 spiro atoms. The zero-order valence-corrected chi connectivity index (χ0v) is 13.8. The van der Waals surface area contributed by atoms with Crippen LogP contribution in [0.2, 0.25) is 0 Å². The molecule has 1 unspecified atom stereocenters. The van der Waals surface area contributed by atoms with Crippen LogP contribution in [0.1, 0.15) is 48.1 Å². The first-order valence-electron chi connectivity index (χ1n) is 8.40. The van der Waals surface area contributed by atoms with E-state index in [1.807, 2.05) is 37.3 Å². The van der Waals surface area contributed by atoms with Crippen LogP contribution in [0.5, 0.6) is 0 Å². The van der Waals surface area contributed by atoms with Crippen molar-refractivity contribution in [2.75, 3.05) is 5.32 Å². The van der Waals surface area contributed by atoms with E-state index >= 15 is 0 Å². The maximum atomic E-state index is 12.3. The number of rotatable bonds is 5. The standard InChI is InChI=1S/C20H22N2O2/c1-14(15-6-3-2-4-7-15)21-19(23)17-10-12-18(13-11-17)22-20(24)16-8-5-9-16/h2-4,6-7,10-14,16H,5,8-9H2,1H3,(H,21,23)(H,22,24). The summed E-state index contributed by atoms with van der Waals surface area (Å²) in [4.78, 5) is 24.3. The maximum Gasteiger partial charge on any atom is 0.251 e. The van der Waals surface area contributed by atoms with Crippen molar-refractivity contribution in [3.8, 4) is 0 Å². The van der Waals surface area contributed by atoms with Gasteiger partial charge in [0.2, 0.25) is 5.91 Å². The number of carbonyl (C=O) groups is 2. The highest BCUT2D eigenvalue weighted by molar-refractivity contribution is 5.96. The Kier molecular flexibility index (Phi) is 4.94. The topological polar surface area (TPSA) is 58.2 Å². The molecule has 2 N–H and O–H groups in total. The highest BCUT2D eigenvalue weighted by Gasteiger charge is 2.25. The summed E-state index contributed by atoms with van der Waals surface area (Å²) in [6.07, 6.45) is 3.09.